The van der Waals surface area contributed by atoms with Crippen molar-refractivity contribution in [3.8, 4) is 0 Å². The first-order valence-electron chi connectivity index (χ1n) is 7.05. The van der Waals surface area contributed by atoms with Gasteiger partial charge in [-0.25, -0.2) is 0 Å². The second kappa shape index (κ2) is 6.50. The second-order valence-electron chi connectivity index (χ2n) is 5.49. The minimum Gasteiger partial charge on any atom is -0.395 e. The molecule has 2 aliphatic rings. The quantitative estimate of drug-likeness (QED) is 0.705. The van der Waals surface area contributed by atoms with Gasteiger partial charge in [0.05, 0.1) is 12.5 Å². The number of β-amino-alcohol motifs (C(OH)–C–C–N with tert-alkyl or cyclic N) is 1. The number of aliphatic hydroxyl groups excluding tert-OH is 1. The van der Waals surface area contributed by atoms with E-state index < -0.39 is 0 Å². The van der Waals surface area contributed by atoms with Crippen LogP contribution in [0.25, 0.3) is 0 Å². The Bertz CT molecular complexity index is 285. The molecule has 2 fully saturated rings. The molecule has 2 saturated heterocycles. The van der Waals surface area contributed by atoms with Crippen molar-refractivity contribution in [2.45, 2.75) is 13.3 Å². The number of carbonyl (C=O) groups excluding carboxylic acids is 1. The Hall–Kier alpha value is -0.650. The Morgan fingerprint density at radius 1 is 1.28 bits per heavy atom. The van der Waals surface area contributed by atoms with Crippen LogP contribution in [0.3, 0.4) is 0 Å². The lowest BCUT2D eigenvalue weighted by Crippen LogP contribution is -2.41. The Kier molecular flexibility index (Phi) is 4.97. The molecule has 0 aromatic rings. The molecular formula is C13H25N3O2. The lowest BCUT2D eigenvalue weighted by Gasteiger charge is -2.25. The van der Waals surface area contributed by atoms with E-state index in [1.807, 2.05) is 4.90 Å². The monoisotopic (exact) mass is 255 g/mol. The zero-order valence-corrected chi connectivity index (χ0v) is 11.3. The number of rotatable bonds is 3. The Labute approximate surface area is 109 Å². The number of nitrogens with one attached hydrogen (secondary N) is 1. The van der Waals surface area contributed by atoms with Crippen LogP contribution in [0.2, 0.25) is 0 Å². The van der Waals surface area contributed by atoms with Crippen molar-refractivity contribution in [2.75, 3.05) is 52.4 Å². The molecule has 1 amide bonds. The molecule has 2 N–H and O–H groups in total. The van der Waals surface area contributed by atoms with Gasteiger partial charge in [0.2, 0.25) is 5.91 Å². The van der Waals surface area contributed by atoms with Gasteiger partial charge in [-0.15, -0.1) is 0 Å². The van der Waals surface area contributed by atoms with Crippen molar-refractivity contribution in [1.82, 2.24) is 15.1 Å². The third-order valence-corrected chi connectivity index (χ3v) is 4.15. The standard InChI is InChI=1S/C13H25N3O2/c1-11-9-14-10-12(11)13(18)16-4-2-3-15(5-6-16)7-8-17/h11-12,14,17H,2-10H2,1H3. The fourth-order valence-electron chi connectivity index (χ4n) is 2.93. The zero-order chi connectivity index (χ0) is 13.0. The fraction of sp³-hybridized carbons (Fsp3) is 0.923. The molecule has 0 aromatic heterocycles. The van der Waals surface area contributed by atoms with Crippen molar-refractivity contribution in [2.24, 2.45) is 11.8 Å². The van der Waals surface area contributed by atoms with Crippen LogP contribution in [0.1, 0.15) is 13.3 Å². The summed E-state index contributed by atoms with van der Waals surface area (Å²) < 4.78 is 0. The number of carbonyl (C=O) groups is 1. The van der Waals surface area contributed by atoms with E-state index in [-0.39, 0.29) is 12.5 Å². The molecule has 0 radical (unpaired) electrons. The summed E-state index contributed by atoms with van der Waals surface area (Å²) in [5.41, 5.74) is 0. The first-order chi connectivity index (χ1) is 8.72. The van der Waals surface area contributed by atoms with Gasteiger partial charge in [0.1, 0.15) is 0 Å². The third kappa shape index (κ3) is 3.22. The van der Waals surface area contributed by atoms with Gasteiger partial charge in [0, 0.05) is 32.7 Å². The van der Waals surface area contributed by atoms with Crippen LogP contribution in [0.5, 0.6) is 0 Å². The third-order valence-electron chi connectivity index (χ3n) is 4.15. The van der Waals surface area contributed by atoms with Crippen LogP contribution in [0.15, 0.2) is 0 Å². The number of aliphatic hydroxyl groups is 1. The van der Waals surface area contributed by atoms with Gasteiger partial charge in [-0.05, 0) is 25.4 Å². The van der Waals surface area contributed by atoms with Crippen molar-refractivity contribution in [3.05, 3.63) is 0 Å². The lowest BCUT2D eigenvalue weighted by molar-refractivity contribution is -0.135. The molecule has 2 aliphatic heterocycles. The van der Waals surface area contributed by atoms with E-state index in [0.29, 0.717) is 11.8 Å². The number of amides is 1. The van der Waals surface area contributed by atoms with Crippen molar-refractivity contribution < 1.29 is 9.90 Å². The van der Waals surface area contributed by atoms with E-state index in [1.54, 1.807) is 0 Å². The molecule has 2 rings (SSSR count). The Morgan fingerprint density at radius 3 is 2.78 bits per heavy atom. The van der Waals surface area contributed by atoms with Gasteiger partial charge in [0.15, 0.2) is 0 Å². The second-order valence-corrected chi connectivity index (χ2v) is 5.49. The summed E-state index contributed by atoms with van der Waals surface area (Å²) in [6.07, 6.45) is 1.01. The molecule has 2 heterocycles. The fourth-order valence-corrected chi connectivity index (χ4v) is 2.93. The maximum absolute atomic E-state index is 12.4. The number of hydrogen-bond acceptors (Lipinski definition) is 4. The molecular weight excluding hydrogens is 230 g/mol. The summed E-state index contributed by atoms with van der Waals surface area (Å²) in [6.45, 7) is 8.42. The molecule has 2 unspecified atom stereocenters. The van der Waals surface area contributed by atoms with Crippen LogP contribution >= 0.6 is 0 Å². The molecule has 0 spiro atoms. The maximum Gasteiger partial charge on any atom is 0.227 e. The van der Waals surface area contributed by atoms with E-state index >= 15 is 0 Å². The minimum atomic E-state index is 0.161. The highest BCUT2D eigenvalue weighted by atomic mass is 16.3. The lowest BCUT2D eigenvalue weighted by atomic mass is 9.96. The minimum absolute atomic E-state index is 0.161. The average Bonchev–Trinajstić information content (AvgIpc) is 2.64. The Morgan fingerprint density at radius 2 is 2.11 bits per heavy atom. The smallest absolute Gasteiger partial charge is 0.227 e. The van der Waals surface area contributed by atoms with Gasteiger partial charge in [-0.3, -0.25) is 9.69 Å². The van der Waals surface area contributed by atoms with Crippen molar-refractivity contribution in [1.29, 1.82) is 0 Å². The van der Waals surface area contributed by atoms with E-state index in [0.717, 1.165) is 52.2 Å². The van der Waals surface area contributed by atoms with Gasteiger partial charge in [-0.2, -0.15) is 0 Å². The van der Waals surface area contributed by atoms with Gasteiger partial charge < -0.3 is 15.3 Å². The molecule has 104 valence electrons. The van der Waals surface area contributed by atoms with Gasteiger partial charge in [0.25, 0.3) is 0 Å². The molecule has 18 heavy (non-hydrogen) atoms. The summed E-state index contributed by atoms with van der Waals surface area (Å²) in [4.78, 5) is 16.7. The Balaban J connectivity index is 1.87. The molecule has 0 aliphatic carbocycles. The van der Waals surface area contributed by atoms with Gasteiger partial charge >= 0.3 is 0 Å². The first kappa shape index (κ1) is 13.8. The van der Waals surface area contributed by atoms with Crippen LogP contribution in [-0.2, 0) is 4.79 Å². The topological polar surface area (TPSA) is 55.8 Å². The molecule has 2 atom stereocenters. The van der Waals surface area contributed by atoms with Gasteiger partial charge in [-0.1, -0.05) is 6.92 Å². The summed E-state index contributed by atoms with van der Waals surface area (Å²) >= 11 is 0. The van der Waals surface area contributed by atoms with E-state index in [2.05, 4.69) is 17.1 Å². The maximum atomic E-state index is 12.4. The summed E-state index contributed by atoms with van der Waals surface area (Å²) in [5, 5.41) is 12.3. The molecule has 0 saturated carbocycles. The number of hydrogen-bond donors (Lipinski definition) is 2. The summed E-state index contributed by atoms with van der Waals surface area (Å²) in [5.74, 6) is 0.932. The first-order valence-corrected chi connectivity index (χ1v) is 7.05. The van der Waals surface area contributed by atoms with Crippen LogP contribution in [0.4, 0.5) is 0 Å². The van der Waals surface area contributed by atoms with Crippen molar-refractivity contribution in [3.63, 3.8) is 0 Å². The SMILES string of the molecule is CC1CNCC1C(=O)N1CCCN(CCO)CC1. The predicted octanol–water partition coefficient (Wildman–Crippen LogP) is -0.631. The zero-order valence-electron chi connectivity index (χ0n) is 11.3. The van der Waals surface area contributed by atoms with Crippen molar-refractivity contribution >= 4 is 5.91 Å². The van der Waals surface area contributed by atoms with Crippen LogP contribution < -0.4 is 5.32 Å². The average molecular weight is 255 g/mol. The number of nitrogens with zero attached hydrogens (tertiary/aromatic N) is 2. The summed E-state index contributed by atoms with van der Waals surface area (Å²) in [7, 11) is 0. The highest BCUT2D eigenvalue weighted by Gasteiger charge is 2.33. The largest absolute Gasteiger partial charge is 0.395 e. The molecule has 0 aromatic carbocycles. The molecule has 5 nitrogen and oxygen atoms in total. The normalized spacial score (nSPS) is 30.4. The van der Waals surface area contributed by atoms with Crippen LogP contribution in [-0.4, -0.2) is 73.2 Å². The van der Waals surface area contributed by atoms with E-state index in [4.69, 9.17) is 5.11 Å². The highest BCUT2D eigenvalue weighted by Crippen LogP contribution is 2.19. The van der Waals surface area contributed by atoms with E-state index in [1.165, 1.54) is 0 Å². The summed E-state index contributed by atoms with van der Waals surface area (Å²) in [6, 6.07) is 0. The van der Waals surface area contributed by atoms with Crippen LogP contribution in [0, 0.1) is 11.8 Å². The molecule has 0 bridgehead atoms. The molecule has 5 heteroatoms. The van der Waals surface area contributed by atoms with E-state index in [9.17, 15) is 4.79 Å². The highest BCUT2D eigenvalue weighted by molar-refractivity contribution is 5.79. The predicted molar refractivity (Wildman–Crippen MR) is 70.2 cm³/mol.